The Hall–Kier alpha value is -1.52. The molecule has 0 spiro atoms. The Morgan fingerprint density at radius 1 is 1.47 bits per heavy atom. The molecule has 98 valence electrons. The third-order valence-corrected chi connectivity index (χ3v) is 2.23. The first-order chi connectivity index (χ1) is 8.22. The molecule has 0 aliphatic carbocycles. The van der Waals surface area contributed by atoms with Crippen LogP contribution in [0.5, 0.6) is 0 Å². The highest BCUT2D eigenvalue weighted by atomic mass is 16.2. The average molecular weight is 240 g/mol. The maximum absolute atomic E-state index is 11.9. The minimum atomic E-state index is 0.00773. The number of H-pyrrole nitrogens is 1. The first-order valence-electron chi connectivity index (χ1n) is 6.25. The van der Waals surface area contributed by atoms with Gasteiger partial charge in [0.1, 0.15) is 11.5 Å². The van der Waals surface area contributed by atoms with E-state index in [2.05, 4.69) is 22.4 Å². The smallest absolute Gasteiger partial charge is 0.271 e. The predicted octanol–water partition coefficient (Wildman–Crippen LogP) is 2.35. The van der Waals surface area contributed by atoms with Crippen LogP contribution in [0.15, 0.2) is 6.07 Å². The lowest BCUT2D eigenvalue weighted by molar-refractivity contribution is 0.0758. The molecule has 5 nitrogen and oxygen atoms in total. The maximum Gasteiger partial charge on any atom is 0.271 e. The number of nitrogens with one attached hydrogen (secondary N) is 2. The number of aromatic amines is 1. The van der Waals surface area contributed by atoms with Gasteiger partial charge in [-0.2, -0.15) is 5.10 Å². The molecule has 0 bridgehead atoms. The molecular formula is C12H24N4O. The number of anilines is 1. The van der Waals surface area contributed by atoms with Crippen LogP contribution in [-0.4, -0.2) is 41.1 Å². The highest BCUT2D eigenvalue weighted by Crippen LogP contribution is 2.07. The van der Waals surface area contributed by atoms with Gasteiger partial charge in [-0.3, -0.25) is 9.89 Å². The molecule has 5 heteroatoms. The van der Waals surface area contributed by atoms with Crippen molar-refractivity contribution in [3.05, 3.63) is 11.8 Å². The van der Waals surface area contributed by atoms with Crippen molar-refractivity contribution in [2.45, 2.75) is 34.1 Å². The Morgan fingerprint density at radius 3 is 2.53 bits per heavy atom. The van der Waals surface area contributed by atoms with Gasteiger partial charge in [0.05, 0.1) is 0 Å². The van der Waals surface area contributed by atoms with Crippen LogP contribution in [0.2, 0.25) is 0 Å². The lowest BCUT2D eigenvalue weighted by atomic mass is 10.3. The van der Waals surface area contributed by atoms with Gasteiger partial charge in [-0.15, -0.1) is 0 Å². The second kappa shape index (κ2) is 8.61. The fourth-order valence-electron chi connectivity index (χ4n) is 1.40. The zero-order chi connectivity index (χ0) is 13.3. The Morgan fingerprint density at radius 2 is 2.12 bits per heavy atom. The van der Waals surface area contributed by atoms with Crippen molar-refractivity contribution < 1.29 is 4.79 Å². The topological polar surface area (TPSA) is 61.0 Å². The molecule has 1 aromatic rings. The number of nitrogens with zero attached hydrogens (tertiary/aromatic N) is 2. The molecule has 0 aliphatic rings. The number of carbonyl (C=O) groups is 1. The van der Waals surface area contributed by atoms with Gasteiger partial charge in [-0.25, -0.2) is 0 Å². The number of aromatic nitrogens is 2. The van der Waals surface area contributed by atoms with E-state index in [1.165, 1.54) is 0 Å². The minimum absolute atomic E-state index is 0.00773. The fraction of sp³-hybridized carbons (Fsp3) is 0.667. The van der Waals surface area contributed by atoms with E-state index in [1.54, 1.807) is 18.0 Å². The summed E-state index contributed by atoms with van der Waals surface area (Å²) in [6.07, 6.45) is 0.965. The van der Waals surface area contributed by atoms with E-state index >= 15 is 0 Å². The molecule has 0 aliphatic heterocycles. The molecule has 1 heterocycles. The van der Waals surface area contributed by atoms with Gasteiger partial charge in [-0.05, 0) is 13.3 Å². The van der Waals surface area contributed by atoms with Crippen LogP contribution < -0.4 is 5.32 Å². The normalized spacial score (nSPS) is 9.24. The van der Waals surface area contributed by atoms with Gasteiger partial charge in [0.25, 0.3) is 5.91 Å². The maximum atomic E-state index is 11.9. The van der Waals surface area contributed by atoms with E-state index in [0.717, 1.165) is 19.5 Å². The summed E-state index contributed by atoms with van der Waals surface area (Å²) in [5, 5.41) is 9.55. The highest BCUT2D eigenvalue weighted by Gasteiger charge is 2.15. The molecule has 0 radical (unpaired) electrons. The summed E-state index contributed by atoms with van der Waals surface area (Å²) in [7, 11) is 1.77. The number of hydrogen-bond acceptors (Lipinski definition) is 3. The highest BCUT2D eigenvalue weighted by molar-refractivity contribution is 5.93. The quantitative estimate of drug-likeness (QED) is 0.830. The minimum Gasteiger partial charge on any atom is -0.372 e. The van der Waals surface area contributed by atoms with E-state index < -0.39 is 0 Å². The SMILES string of the molecule is CC.CCCN(CC)C(=O)c1cc(NC)n[nH]1. The molecular weight excluding hydrogens is 216 g/mol. The molecule has 0 unspecified atom stereocenters. The second-order valence-corrected chi connectivity index (χ2v) is 3.30. The molecule has 0 atom stereocenters. The monoisotopic (exact) mass is 240 g/mol. The van der Waals surface area contributed by atoms with E-state index in [9.17, 15) is 4.79 Å². The molecule has 17 heavy (non-hydrogen) atoms. The van der Waals surface area contributed by atoms with Crippen molar-refractivity contribution >= 4 is 11.7 Å². The van der Waals surface area contributed by atoms with Gasteiger partial charge in [0, 0.05) is 26.2 Å². The van der Waals surface area contributed by atoms with Crippen LogP contribution in [0, 0.1) is 0 Å². The third kappa shape index (κ3) is 4.46. The summed E-state index contributed by atoms with van der Waals surface area (Å²) in [6.45, 7) is 9.54. The summed E-state index contributed by atoms with van der Waals surface area (Å²) < 4.78 is 0. The standard InChI is InChI=1S/C10H18N4O.C2H6/c1-4-6-14(5-2)10(15)8-7-9(11-3)13-12-8;1-2/h7H,4-6H2,1-3H3,(H2,11,12,13);1-2H3. The third-order valence-electron chi connectivity index (χ3n) is 2.23. The summed E-state index contributed by atoms with van der Waals surface area (Å²) in [5.74, 6) is 0.694. The van der Waals surface area contributed by atoms with E-state index in [4.69, 9.17) is 0 Å². The lowest BCUT2D eigenvalue weighted by Crippen LogP contribution is -2.31. The van der Waals surface area contributed by atoms with Gasteiger partial charge >= 0.3 is 0 Å². The second-order valence-electron chi connectivity index (χ2n) is 3.30. The van der Waals surface area contributed by atoms with Crippen LogP contribution in [-0.2, 0) is 0 Å². The molecule has 1 rings (SSSR count). The van der Waals surface area contributed by atoms with Crippen LogP contribution in [0.1, 0.15) is 44.6 Å². The molecule has 1 amide bonds. The van der Waals surface area contributed by atoms with Gasteiger partial charge in [0.15, 0.2) is 0 Å². The van der Waals surface area contributed by atoms with Crippen LogP contribution in [0.25, 0.3) is 0 Å². The van der Waals surface area contributed by atoms with Crippen molar-refractivity contribution in [2.75, 3.05) is 25.5 Å². The number of rotatable bonds is 5. The molecule has 0 saturated carbocycles. The van der Waals surface area contributed by atoms with Crippen LogP contribution >= 0.6 is 0 Å². The van der Waals surface area contributed by atoms with Crippen LogP contribution in [0.4, 0.5) is 5.82 Å². The van der Waals surface area contributed by atoms with Crippen molar-refractivity contribution in [3.63, 3.8) is 0 Å². The molecule has 1 aromatic heterocycles. The Labute approximate surface area is 104 Å². The summed E-state index contributed by atoms with van der Waals surface area (Å²) in [5.41, 5.74) is 0.537. The lowest BCUT2D eigenvalue weighted by Gasteiger charge is -2.18. The summed E-state index contributed by atoms with van der Waals surface area (Å²) >= 11 is 0. The average Bonchev–Trinajstić information content (AvgIpc) is 2.86. The van der Waals surface area contributed by atoms with E-state index in [1.807, 2.05) is 20.8 Å². The Bertz CT molecular complexity index is 322. The van der Waals surface area contributed by atoms with Gasteiger partial charge in [0.2, 0.25) is 0 Å². The van der Waals surface area contributed by atoms with Crippen molar-refractivity contribution in [1.29, 1.82) is 0 Å². The van der Waals surface area contributed by atoms with Crippen LogP contribution in [0.3, 0.4) is 0 Å². The number of amides is 1. The van der Waals surface area contributed by atoms with Crippen molar-refractivity contribution in [3.8, 4) is 0 Å². The summed E-state index contributed by atoms with van der Waals surface area (Å²) in [6, 6.07) is 1.72. The van der Waals surface area contributed by atoms with Gasteiger partial charge in [-0.1, -0.05) is 20.8 Å². The molecule has 2 N–H and O–H groups in total. The Balaban J connectivity index is 0.00000121. The molecule has 0 aromatic carbocycles. The zero-order valence-corrected chi connectivity index (χ0v) is 11.5. The molecule has 0 saturated heterocycles. The van der Waals surface area contributed by atoms with Crippen molar-refractivity contribution in [2.24, 2.45) is 0 Å². The van der Waals surface area contributed by atoms with E-state index in [0.29, 0.717) is 11.5 Å². The van der Waals surface area contributed by atoms with Crippen molar-refractivity contribution in [1.82, 2.24) is 15.1 Å². The first-order valence-corrected chi connectivity index (χ1v) is 6.25. The first kappa shape index (κ1) is 15.5. The predicted molar refractivity (Wildman–Crippen MR) is 71.4 cm³/mol. The summed E-state index contributed by atoms with van der Waals surface area (Å²) in [4.78, 5) is 13.7. The molecule has 0 fully saturated rings. The zero-order valence-electron chi connectivity index (χ0n) is 11.5. The number of hydrogen-bond donors (Lipinski definition) is 2. The van der Waals surface area contributed by atoms with Gasteiger partial charge < -0.3 is 10.2 Å². The number of carbonyl (C=O) groups excluding carboxylic acids is 1. The van der Waals surface area contributed by atoms with E-state index in [-0.39, 0.29) is 5.91 Å². The largest absolute Gasteiger partial charge is 0.372 e. The fourth-order valence-corrected chi connectivity index (χ4v) is 1.40. The Kier molecular flexibility index (Phi) is 7.84.